The van der Waals surface area contributed by atoms with Crippen molar-refractivity contribution in [3.63, 3.8) is 0 Å². The van der Waals surface area contributed by atoms with Crippen LogP contribution in [0.1, 0.15) is 17.3 Å². The lowest BCUT2D eigenvalue weighted by Gasteiger charge is -2.02. The van der Waals surface area contributed by atoms with E-state index in [1.54, 1.807) is 17.0 Å². The minimum atomic E-state index is -0.0535. The van der Waals surface area contributed by atoms with Gasteiger partial charge in [-0.25, -0.2) is 0 Å². The lowest BCUT2D eigenvalue weighted by atomic mass is 10.0. The lowest BCUT2D eigenvalue weighted by molar-refractivity contribution is 0.0941. The quantitative estimate of drug-likeness (QED) is 0.433. The number of carbonyl (C=O) groups excluding carboxylic acids is 1. The zero-order valence-corrected chi connectivity index (χ0v) is 12.7. The summed E-state index contributed by atoms with van der Waals surface area (Å²) in [5.41, 5.74) is 9.56. The SMILES string of the molecule is CC(=O)n1cc(/C=N\NC(N)=S)c2c3ccccc3ccc21. The Hall–Kier alpha value is -2.73. The van der Waals surface area contributed by atoms with Crippen molar-refractivity contribution in [1.29, 1.82) is 0 Å². The lowest BCUT2D eigenvalue weighted by Crippen LogP contribution is -2.23. The second-order valence-corrected chi connectivity index (χ2v) is 5.33. The van der Waals surface area contributed by atoms with Crippen LogP contribution in [0.25, 0.3) is 21.7 Å². The fourth-order valence-electron chi connectivity index (χ4n) is 2.56. The molecule has 0 aliphatic heterocycles. The highest BCUT2D eigenvalue weighted by Crippen LogP contribution is 2.29. The zero-order chi connectivity index (χ0) is 15.7. The smallest absolute Gasteiger partial charge is 0.227 e. The van der Waals surface area contributed by atoms with Crippen LogP contribution < -0.4 is 11.2 Å². The molecule has 2 aromatic carbocycles. The molecule has 0 fully saturated rings. The number of nitrogens with two attached hydrogens (primary N) is 1. The fraction of sp³-hybridized carbons (Fsp3) is 0.0625. The van der Waals surface area contributed by atoms with Crippen molar-refractivity contribution in [2.45, 2.75) is 6.92 Å². The summed E-state index contributed by atoms with van der Waals surface area (Å²) in [6.45, 7) is 1.53. The van der Waals surface area contributed by atoms with Crippen molar-refractivity contribution in [2.24, 2.45) is 10.8 Å². The van der Waals surface area contributed by atoms with Crippen LogP contribution in [-0.4, -0.2) is 21.8 Å². The molecule has 0 atom stereocenters. The Morgan fingerprint density at radius 2 is 2.09 bits per heavy atom. The van der Waals surface area contributed by atoms with E-state index in [0.717, 1.165) is 27.2 Å². The van der Waals surface area contributed by atoms with Gasteiger partial charge < -0.3 is 5.73 Å². The molecule has 0 saturated carbocycles. The predicted molar refractivity (Wildman–Crippen MR) is 93.3 cm³/mol. The number of fused-ring (bicyclic) bond motifs is 3. The van der Waals surface area contributed by atoms with Gasteiger partial charge in [0.2, 0.25) is 5.91 Å². The molecule has 6 heteroatoms. The van der Waals surface area contributed by atoms with Crippen molar-refractivity contribution in [1.82, 2.24) is 9.99 Å². The van der Waals surface area contributed by atoms with Gasteiger partial charge in [-0.2, -0.15) is 5.10 Å². The van der Waals surface area contributed by atoms with E-state index in [4.69, 9.17) is 18.0 Å². The van der Waals surface area contributed by atoms with Gasteiger partial charge in [-0.3, -0.25) is 14.8 Å². The van der Waals surface area contributed by atoms with Gasteiger partial charge in [-0.15, -0.1) is 0 Å². The van der Waals surface area contributed by atoms with Crippen molar-refractivity contribution >= 4 is 51.1 Å². The summed E-state index contributed by atoms with van der Waals surface area (Å²) >= 11 is 4.72. The minimum Gasteiger partial charge on any atom is -0.375 e. The van der Waals surface area contributed by atoms with E-state index in [-0.39, 0.29) is 11.0 Å². The van der Waals surface area contributed by atoms with E-state index in [1.807, 2.05) is 36.4 Å². The Balaban J connectivity index is 2.30. The second-order valence-electron chi connectivity index (χ2n) is 4.89. The third-order valence-electron chi connectivity index (χ3n) is 3.44. The van der Waals surface area contributed by atoms with Crippen LogP contribution >= 0.6 is 12.2 Å². The topological polar surface area (TPSA) is 72.4 Å². The Morgan fingerprint density at radius 3 is 2.82 bits per heavy atom. The van der Waals surface area contributed by atoms with Crippen LogP contribution in [0, 0.1) is 0 Å². The maximum Gasteiger partial charge on any atom is 0.227 e. The molecule has 3 rings (SSSR count). The van der Waals surface area contributed by atoms with Crippen molar-refractivity contribution in [3.8, 4) is 0 Å². The first-order valence-corrected chi connectivity index (χ1v) is 7.11. The molecule has 5 nitrogen and oxygen atoms in total. The minimum absolute atomic E-state index is 0.0535. The van der Waals surface area contributed by atoms with E-state index < -0.39 is 0 Å². The summed E-state index contributed by atoms with van der Waals surface area (Å²) in [5.74, 6) is -0.0535. The monoisotopic (exact) mass is 310 g/mol. The van der Waals surface area contributed by atoms with Crippen molar-refractivity contribution < 1.29 is 4.79 Å². The number of carbonyl (C=O) groups is 1. The number of nitrogens with zero attached hydrogens (tertiary/aromatic N) is 2. The van der Waals surface area contributed by atoms with E-state index in [1.165, 1.54) is 6.92 Å². The molecule has 0 bridgehead atoms. The normalized spacial score (nSPS) is 11.3. The molecular weight excluding hydrogens is 296 g/mol. The molecule has 0 spiro atoms. The average molecular weight is 310 g/mol. The van der Waals surface area contributed by atoms with Gasteiger partial charge in [0.15, 0.2) is 5.11 Å². The standard InChI is InChI=1S/C16H14N4OS/c1-10(21)20-9-12(8-18-19-16(17)22)15-13-5-3-2-4-11(13)6-7-14(15)20/h2-9H,1H3,(H3,17,19,22)/b18-8-. The van der Waals surface area contributed by atoms with E-state index in [0.29, 0.717) is 0 Å². The number of aromatic nitrogens is 1. The highest BCUT2D eigenvalue weighted by atomic mass is 32.1. The predicted octanol–water partition coefficient (Wildman–Crippen LogP) is 2.62. The number of hydrogen-bond acceptors (Lipinski definition) is 3. The molecule has 110 valence electrons. The van der Waals surface area contributed by atoms with Crippen LogP contribution in [0.3, 0.4) is 0 Å². The summed E-state index contributed by atoms with van der Waals surface area (Å²) in [7, 11) is 0. The number of benzene rings is 2. The largest absolute Gasteiger partial charge is 0.375 e. The summed E-state index contributed by atoms with van der Waals surface area (Å²) in [6.07, 6.45) is 3.39. The molecule has 0 amide bonds. The number of thiocarbonyl (C=S) groups is 1. The van der Waals surface area contributed by atoms with Crippen LogP contribution in [0.5, 0.6) is 0 Å². The van der Waals surface area contributed by atoms with E-state index in [9.17, 15) is 4.79 Å². The third-order valence-corrected chi connectivity index (χ3v) is 3.53. The van der Waals surface area contributed by atoms with Gasteiger partial charge in [0.05, 0.1) is 11.7 Å². The Kier molecular flexibility index (Phi) is 3.60. The molecule has 0 radical (unpaired) electrons. The first-order valence-electron chi connectivity index (χ1n) is 6.70. The average Bonchev–Trinajstić information content (AvgIpc) is 2.86. The number of hydrazone groups is 1. The first-order chi connectivity index (χ1) is 10.6. The fourth-order valence-corrected chi connectivity index (χ4v) is 2.61. The van der Waals surface area contributed by atoms with Crippen LogP contribution in [0.4, 0.5) is 0 Å². The molecule has 0 saturated heterocycles. The molecule has 1 aromatic heterocycles. The number of nitrogens with one attached hydrogen (secondary N) is 1. The summed E-state index contributed by atoms with van der Waals surface area (Å²) in [4.78, 5) is 11.9. The number of rotatable bonds is 2. The molecule has 0 aliphatic rings. The summed E-state index contributed by atoms with van der Waals surface area (Å²) < 4.78 is 1.61. The molecular formula is C16H14N4OS. The van der Waals surface area contributed by atoms with Gasteiger partial charge in [-0.05, 0) is 29.1 Å². The third kappa shape index (κ3) is 2.44. The van der Waals surface area contributed by atoms with Crippen LogP contribution in [0.15, 0.2) is 47.7 Å². The van der Waals surface area contributed by atoms with Crippen LogP contribution in [0.2, 0.25) is 0 Å². The summed E-state index contributed by atoms with van der Waals surface area (Å²) in [6, 6.07) is 12.0. The molecule has 0 aliphatic carbocycles. The zero-order valence-electron chi connectivity index (χ0n) is 11.9. The molecule has 3 N–H and O–H groups in total. The Labute approximate surface area is 132 Å². The maximum absolute atomic E-state index is 11.9. The van der Waals surface area contributed by atoms with Gasteiger partial charge in [0, 0.05) is 24.1 Å². The highest BCUT2D eigenvalue weighted by molar-refractivity contribution is 7.80. The molecule has 22 heavy (non-hydrogen) atoms. The molecule has 1 heterocycles. The highest BCUT2D eigenvalue weighted by Gasteiger charge is 2.12. The summed E-state index contributed by atoms with van der Waals surface area (Å²) in [5, 5.41) is 7.24. The molecule has 0 unspecified atom stereocenters. The van der Waals surface area contributed by atoms with Gasteiger partial charge in [0.25, 0.3) is 0 Å². The Bertz CT molecular complexity index is 926. The second kappa shape index (κ2) is 5.57. The van der Waals surface area contributed by atoms with Gasteiger partial charge in [-0.1, -0.05) is 30.3 Å². The molecule has 3 aromatic rings. The van der Waals surface area contributed by atoms with Gasteiger partial charge in [0.1, 0.15) is 0 Å². The van der Waals surface area contributed by atoms with E-state index in [2.05, 4.69) is 10.5 Å². The first kappa shape index (κ1) is 14.2. The number of hydrogen-bond donors (Lipinski definition) is 2. The Morgan fingerprint density at radius 1 is 1.32 bits per heavy atom. The maximum atomic E-state index is 11.9. The van der Waals surface area contributed by atoms with E-state index >= 15 is 0 Å². The van der Waals surface area contributed by atoms with Gasteiger partial charge >= 0.3 is 0 Å². The van der Waals surface area contributed by atoms with Crippen molar-refractivity contribution in [2.75, 3.05) is 0 Å². The van der Waals surface area contributed by atoms with Crippen molar-refractivity contribution in [3.05, 3.63) is 48.2 Å². The van der Waals surface area contributed by atoms with Crippen LogP contribution in [-0.2, 0) is 0 Å².